The fraction of sp³-hybridized carbons (Fsp3) is 0.632. The third-order valence-corrected chi connectivity index (χ3v) is 5.73. The summed E-state index contributed by atoms with van der Waals surface area (Å²) < 4.78 is 9.07. The maximum atomic E-state index is 12.2. The zero-order valence-electron chi connectivity index (χ0n) is 15.6. The Morgan fingerprint density at radius 1 is 1.28 bits per heavy atom. The van der Waals surface area contributed by atoms with E-state index >= 15 is 0 Å². The van der Waals surface area contributed by atoms with Crippen LogP contribution in [0, 0.1) is 0 Å². The van der Waals surface area contributed by atoms with Crippen molar-refractivity contribution in [3.63, 3.8) is 0 Å². The monoisotopic (exact) mass is 428 g/mol. The van der Waals surface area contributed by atoms with Gasteiger partial charge in [0.05, 0.1) is 0 Å². The van der Waals surface area contributed by atoms with Crippen molar-refractivity contribution in [3.05, 3.63) is 28.7 Å². The Bertz CT molecular complexity index is 552. The normalized spacial score (nSPS) is 16.3. The van der Waals surface area contributed by atoms with E-state index in [0.29, 0.717) is 6.04 Å². The lowest BCUT2D eigenvalue weighted by molar-refractivity contribution is 0.0180. The molecule has 0 N–H and O–H groups in total. The molecule has 0 aromatic heterocycles. The Hall–Kier alpha value is -0.720. The minimum absolute atomic E-state index is 0.187. The second-order valence-electron chi connectivity index (χ2n) is 7.38. The van der Waals surface area contributed by atoms with Gasteiger partial charge in [-0.3, -0.25) is 0 Å². The summed E-state index contributed by atoms with van der Waals surface area (Å²) >= 11 is 5.31. The number of likely N-dealkylation sites (tertiary alicyclic amines) is 1. The minimum Gasteiger partial charge on any atom is -0.444 e. The van der Waals surface area contributed by atoms with Crippen LogP contribution in [-0.4, -0.2) is 46.6 Å². The van der Waals surface area contributed by atoms with Crippen molar-refractivity contribution < 1.29 is 9.53 Å². The van der Waals surface area contributed by atoms with Gasteiger partial charge in [-0.25, -0.2) is 9.10 Å². The van der Waals surface area contributed by atoms with E-state index in [2.05, 4.69) is 51.4 Å². The lowest BCUT2D eigenvalue weighted by atomic mass is 10.1. The zero-order chi connectivity index (χ0) is 18.4. The van der Waals surface area contributed by atoms with Crippen molar-refractivity contribution in [1.82, 2.24) is 9.21 Å². The molecular weight excluding hydrogens is 400 g/mol. The molecule has 1 aliphatic rings. The number of amides is 1. The van der Waals surface area contributed by atoms with Crippen molar-refractivity contribution in [3.8, 4) is 0 Å². The smallest absolute Gasteiger partial charge is 0.410 e. The second-order valence-corrected chi connectivity index (χ2v) is 9.42. The van der Waals surface area contributed by atoms with E-state index < -0.39 is 5.60 Å². The average molecular weight is 429 g/mol. The highest BCUT2D eigenvalue weighted by atomic mass is 79.9. The maximum absolute atomic E-state index is 12.2. The Balaban J connectivity index is 1.91. The van der Waals surface area contributed by atoms with Gasteiger partial charge in [-0.2, -0.15) is 0 Å². The summed E-state index contributed by atoms with van der Waals surface area (Å²) in [5, 5.41) is 0. The molecule has 0 atom stereocenters. The maximum Gasteiger partial charge on any atom is 0.410 e. The van der Waals surface area contributed by atoms with Gasteiger partial charge < -0.3 is 9.64 Å². The molecule has 2 rings (SSSR count). The summed E-state index contributed by atoms with van der Waals surface area (Å²) in [6.07, 6.45) is 2.91. The molecule has 0 saturated carbocycles. The highest BCUT2D eigenvalue weighted by Gasteiger charge is 2.29. The van der Waals surface area contributed by atoms with Gasteiger partial charge in [-0.15, -0.1) is 0 Å². The summed E-state index contributed by atoms with van der Waals surface area (Å²) in [6.45, 7) is 10.5. The van der Waals surface area contributed by atoms with Crippen molar-refractivity contribution in [2.45, 2.75) is 63.5 Å². The molecule has 1 aliphatic heterocycles. The molecule has 1 aromatic rings. The van der Waals surface area contributed by atoms with Crippen molar-refractivity contribution in [2.24, 2.45) is 0 Å². The standard InChI is InChI=1S/C19H29BrN2O2S/c1-5-12-22(25-17-8-6-15(20)7-9-17)16-10-13-21(14-11-16)18(23)24-19(2,3)4/h6-9,16H,5,10-14H2,1-4H3. The molecule has 0 spiro atoms. The van der Waals surface area contributed by atoms with E-state index in [0.717, 1.165) is 43.4 Å². The molecule has 1 heterocycles. The first-order valence-corrected chi connectivity index (χ1v) is 10.5. The van der Waals surface area contributed by atoms with Crippen molar-refractivity contribution in [2.75, 3.05) is 19.6 Å². The minimum atomic E-state index is -0.431. The SMILES string of the molecule is CCCN(Sc1ccc(Br)cc1)C1CCN(C(=O)OC(C)(C)C)CC1. The molecule has 1 fully saturated rings. The molecule has 0 bridgehead atoms. The molecule has 6 heteroatoms. The molecule has 0 radical (unpaired) electrons. The van der Waals surface area contributed by atoms with Crippen molar-refractivity contribution >= 4 is 34.0 Å². The van der Waals surface area contributed by atoms with Gasteiger partial charge in [0, 0.05) is 35.0 Å². The first kappa shape index (κ1) is 20.6. The summed E-state index contributed by atoms with van der Waals surface area (Å²) in [6, 6.07) is 8.95. The highest BCUT2D eigenvalue weighted by molar-refractivity contribution is 9.10. The van der Waals surface area contributed by atoms with E-state index in [1.54, 1.807) is 0 Å². The largest absolute Gasteiger partial charge is 0.444 e. The van der Waals surface area contributed by atoms with Crippen LogP contribution in [-0.2, 0) is 4.74 Å². The third kappa shape index (κ3) is 6.83. The predicted molar refractivity (Wildman–Crippen MR) is 108 cm³/mol. The van der Waals surface area contributed by atoms with E-state index in [1.165, 1.54) is 4.90 Å². The molecule has 140 valence electrons. The number of hydrogen-bond acceptors (Lipinski definition) is 4. The van der Waals surface area contributed by atoms with Gasteiger partial charge in [-0.05, 0) is 76.2 Å². The Kier molecular flexibility index (Phi) is 7.65. The third-order valence-electron chi connectivity index (χ3n) is 4.00. The average Bonchev–Trinajstić information content (AvgIpc) is 2.55. The molecule has 0 aliphatic carbocycles. The molecule has 1 aromatic carbocycles. The number of rotatable bonds is 5. The zero-order valence-corrected chi connectivity index (χ0v) is 18.0. The first-order valence-electron chi connectivity index (χ1n) is 8.96. The molecule has 0 unspecified atom stereocenters. The summed E-state index contributed by atoms with van der Waals surface area (Å²) in [5.74, 6) is 0. The first-order chi connectivity index (χ1) is 11.8. The van der Waals surface area contributed by atoms with Crippen LogP contribution in [0.4, 0.5) is 4.79 Å². The number of benzene rings is 1. The highest BCUT2D eigenvalue weighted by Crippen LogP contribution is 2.30. The van der Waals surface area contributed by atoms with E-state index in [1.807, 2.05) is 37.6 Å². The summed E-state index contributed by atoms with van der Waals surface area (Å²) in [4.78, 5) is 15.3. The van der Waals surface area contributed by atoms with Crippen LogP contribution < -0.4 is 0 Å². The Labute approximate surface area is 164 Å². The van der Waals surface area contributed by atoms with Crippen LogP contribution in [0.5, 0.6) is 0 Å². The number of carbonyl (C=O) groups is 1. The van der Waals surface area contributed by atoms with Gasteiger partial charge in [0.2, 0.25) is 0 Å². The van der Waals surface area contributed by atoms with Crippen LogP contribution >= 0.6 is 27.9 Å². The van der Waals surface area contributed by atoms with Crippen molar-refractivity contribution in [1.29, 1.82) is 0 Å². The molecule has 25 heavy (non-hydrogen) atoms. The van der Waals surface area contributed by atoms with E-state index in [9.17, 15) is 4.79 Å². The predicted octanol–water partition coefficient (Wildman–Crippen LogP) is 5.57. The van der Waals surface area contributed by atoms with Crippen LogP contribution in [0.1, 0.15) is 47.0 Å². The van der Waals surface area contributed by atoms with Gasteiger partial charge >= 0.3 is 6.09 Å². The van der Waals surface area contributed by atoms with E-state index in [4.69, 9.17) is 4.74 Å². The van der Waals surface area contributed by atoms with Crippen LogP contribution in [0.25, 0.3) is 0 Å². The lowest BCUT2D eigenvalue weighted by Crippen LogP contribution is -2.46. The summed E-state index contributed by atoms with van der Waals surface area (Å²) in [7, 11) is 0. The molecule has 4 nitrogen and oxygen atoms in total. The van der Waals surface area contributed by atoms with Gasteiger partial charge in [0.1, 0.15) is 5.60 Å². The number of nitrogens with zero attached hydrogens (tertiary/aromatic N) is 2. The topological polar surface area (TPSA) is 32.8 Å². The number of ether oxygens (including phenoxy) is 1. The van der Waals surface area contributed by atoms with Gasteiger partial charge in [0.25, 0.3) is 0 Å². The number of hydrogen-bond donors (Lipinski definition) is 0. The Morgan fingerprint density at radius 2 is 1.88 bits per heavy atom. The van der Waals surface area contributed by atoms with E-state index in [-0.39, 0.29) is 6.09 Å². The van der Waals surface area contributed by atoms with Gasteiger partial charge in [0.15, 0.2) is 0 Å². The Morgan fingerprint density at radius 3 is 2.40 bits per heavy atom. The number of halogens is 1. The molecular formula is C19H29BrN2O2S. The number of carbonyl (C=O) groups excluding carboxylic acids is 1. The molecule has 1 amide bonds. The quantitative estimate of drug-likeness (QED) is 0.573. The summed E-state index contributed by atoms with van der Waals surface area (Å²) in [5.41, 5.74) is -0.431. The van der Waals surface area contributed by atoms with Crippen LogP contribution in [0.3, 0.4) is 0 Å². The molecule has 1 saturated heterocycles. The lowest BCUT2D eigenvalue weighted by Gasteiger charge is -2.38. The van der Waals surface area contributed by atoms with Gasteiger partial charge in [-0.1, -0.05) is 22.9 Å². The van der Waals surface area contributed by atoms with Crippen LogP contribution in [0.2, 0.25) is 0 Å². The fourth-order valence-electron chi connectivity index (χ4n) is 2.82. The number of piperidine rings is 1. The van der Waals surface area contributed by atoms with Crippen LogP contribution in [0.15, 0.2) is 33.6 Å². The fourth-order valence-corrected chi connectivity index (χ4v) is 4.24. The second kappa shape index (κ2) is 9.28.